The quantitative estimate of drug-likeness (QED) is 0.146. The molecule has 0 radical (unpaired) electrons. The number of nitrogens with zero attached hydrogens (tertiary/aromatic N) is 1. The van der Waals surface area contributed by atoms with Crippen LogP contribution in [0.5, 0.6) is 11.5 Å². The number of sulfonamides is 2. The lowest BCUT2D eigenvalue weighted by Crippen LogP contribution is -2.38. The standard InChI is InChI=1S/C33H27Cl2N3O6S2/c1-23-7-15-32(16-8-23)46(42,43)38(28-11-13-30(14-12-28)44-29-5-3-2-4-6-29)22-33(39)36-26-9-17-31(18-10-26)45(40,41)37-27-20-24(34)19-25(35)21-27/h2-21,37H,22H2,1H3,(H,36,39). The molecule has 13 heteroatoms. The maximum atomic E-state index is 13.8. The van der Waals surface area contributed by atoms with Crippen molar-refractivity contribution in [3.63, 3.8) is 0 Å². The zero-order chi connectivity index (χ0) is 32.9. The van der Waals surface area contributed by atoms with Gasteiger partial charge in [0, 0.05) is 15.7 Å². The minimum atomic E-state index is -4.17. The van der Waals surface area contributed by atoms with Gasteiger partial charge in [-0.2, -0.15) is 0 Å². The molecule has 0 saturated heterocycles. The largest absolute Gasteiger partial charge is 0.457 e. The number of hydrogen-bond donors (Lipinski definition) is 2. The lowest BCUT2D eigenvalue weighted by atomic mass is 10.2. The van der Waals surface area contributed by atoms with Crippen LogP contribution in [-0.4, -0.2) is 29.3 Å². The molecule has 5 rings (SSSR count). The molecule has 1 amide bonds. The maximum Gasteiger partial charge on any atom is 0.264 e. The van der Waals surface area contributed by atoms with E-state index in [1.807, 2.05) is 25.1 Å². The van der Waals surface area contributed by atoms with Crippen LogP contribution in [0.1, 0.15) is 5.56 Å². The van der Waals surface area contributed by atoms with Gasteiger partial charge in [0.1, 0.15) is 18.0 Å². The molecule has 0 bridgehead atoms. The van der Waals surface area contributed by atoms with Crippen LogP contribution in [0.15, 0.2) is 131 Å². The number of carbonyl (C=O) groups is 1. The van der Waals surface area contributed by atoms with Crippen LogP contribution in [0.25, 0.3) is 0 Å². The van der Waals surface area contributed by atoms with Gasteiger partial charge in [0.25, 0.3) is 20.0 Å². The van der Waals surface area contributed by atoms with Gasteiger partial charge in [0.2, 0.25) is 5.91 Å². The van der Waals surface area contributed by atoms with Gasteiger partial charge in [-0.05, 0) is 97.9 Å². The zero-order valence-electron chi connectivity index (χ0n) is 24.2. The molecule has 2 N–H and O–H groups in total. The Bertz CT molecular complexity index is 2040. The average molecular weight is 697 g/mol. The van der Waals surface area contributed by atoms with E-state index in [0.717, 1.165) is 9.87 Å². The number of carbonyl (C=O) groups excluding carboxylic acids is 1. The summed E-state index contributed by atoms with van der Waals surface area (Å²) in [4.78, 5) is 13.2. The molecular weight excluding hydrogens is 669 g/mol. The van der Waals surface area contributed by atoms with Crippen molar-refractivity contribution >= 4 is 66.2 Å². The van der Waals surface area contributed by atoms with Gasteiger partial charge >= 0.3 is 0 Å². The number of benzene rings is 5. The normalized spacial score (nSPS) is 11.5. The molecule has 0 spiro atoms. The Kier molecular flexibility index (Phi) is 9.88. The first-order chi connectivity index (χ1) is 21.9. The molecule has 236 valence electrons. The lowest BCUT2D eigenvalue weighted by molar-refractivity contribution is -0.114. The van der Waals surface area contributed by atoms with E-state index in [1.165, 1.54) is 54.6 Å². The van der Waals surface area contributed by atoms with Crippen LogP contribution in [0, 0.1) is 6.92 Å². The second kappa shape index (κ2) is 13.8. The number of aryl methyl sites for hydroxylation is 1. The van der Waals surface area contributed by atoms with E-state index in [9.17, 15) is 21.6 Å². The van der Waals surface area contributed by atoms with E-state index < -0.39 is 32.5 Å². The van der Waals surface area contributed by atoms with Crippen LogP contribution in [0.2, 0.25) is 10.0 Å². The SMILES string of the molecule is Cc1ccc(S(=O)(=O)N(CC(=O)Nc2ccc(S(=O)(=O)Nc3cc(Cl)cc(Cl)c3)cc2)c2ccc(Oc3ccccc3)cc2)cc1. The first-order valence-electron chi connectivity index (χ1n) is 13.7. The molecular formula is C33H27Cl2N3O6S2. The Labute approximate surface area is 277 Å². The van der Waals surface area contributed by atoms with Gasteiger partial charge in [0.15, 0.2) is 0 Å². The zero-order valence-corrected chi connectivity index (χ0v) is 27.4. The smallest absolute Gasteiger partial charge is 0.264 e. The summed E-state index contributed by atoms with van der Waals surface area (Å²) in [5.41, 5.74) is 1.56. The summed E-state index contributed by atoms with van der Waals surface area (Å²) < 4.78 is 62.6. The van der Waals surface area contributed by atoms with E-state index >= 15 is 0 Å². The summed E-state index contributed by atoms with van der Waals surface area (Å²) in [5, 5.41) is 3.17. The average Bonchev–Trinajstić information content (AvgIpc) is 3.00. The molecule has 0 aromatic heterocycles. The molecule has 0 unspecified atom stereocenters. The molecule has 0 aliphatic heterocycles. The molecule has 46 heavy (non-hydrogen) atoms. The second-order valence-electron chi connectivity index (χ2n) is 10.1. The summed E-state index contributed by atoms with van der Waals surface area (Å²) in [6.07, 6.45) is 0. The van der Waals surface area contributed by atoms with E-state index in [2.05, 4.69) is 10.0 Å². The maximum absolute atomic E-state index is 13.8. The van der Waals surface area contributed by atoms with Gasteiger partial charge in [-0.15, -0.1) is 0 Å². The molecule has 0 atom stereocenters. The third-order valence-electron chi connectivity index (χ3n) is 6.56. The van der Waals surface area contributed by atoms with E-state index in [1.54, 1.807) is 48.5 Å². The minimum absolute atomic E-state index is 0.0126. The summed E-state index contributed by atoms with van der Waals surface area (Å²) >= 11 is 11.9. The molecule has 0 fully saturated rings. The number of halogens is 2. The van der Waals surface area contributed by atoms with Crippen molar-refractivity contribution in [3.05, 3.63) is 137 Å². The molecule has 0 heterocycles. The number of para-hydroxylation sites is 1. The van der Waals surface area contributed by atoms with Crippen molar-refractivity contribution in [3.8, 4) is 11.5 Å². The summed E-state index contributed by atoms with van der Waals surface area (Å²) in [6, 6.07) is 31.4. The first kappa shape index (κ1) is 32.8. The van der Waals surface area contributed by atoms with Crippen LogP contribution in [0.3, 0.4) is 0 Å². The highest BCUT2D eigenvalue weighted by molar-refractivity contribution is 7.93. The molecule has 0 aliphatic rings. The van der Waals surface area contributed by atoms with Crippen LogP contribution in [0.4, 0.5) is 17.1 Å². The van der Waals surface area contributed by atoms with Crippen molar-refractivity contribution in [1.82, 2.24) is 0 Å². The molecule has 5 aromatic carbocycles. The van der Waals surface area contributed by atoms with Gasteiger partial charge in [-0.1, -0.05) is 59.1 Å². The highest BCUT2D eigenvalue weighted by Crippen LogP contribution is 2.29. The number of rotatable bonds is 11. The van der Waals surface area contributed by atoms with Crippen molar-refractivity contribution in [1.29, 1.82) is 0 Å². The molecule has 5 aromatic rings. The topological polar surface area (TPSA) is 122 Å². The third-order valence-corrected chi connectivity index (χ3v) is 10.2. The second-order valence-corrected chi connectivity index (χ2v) is 14.5. The molecule has 0 aliphatic carbocycles. The Morgan fingerprint density at radius 2 is 1.26 bits per heavy atom. The number of nitrogens with one attached hydrogen (secondary N) is 2. The van der Waals surface area contributed by atoms with Gasteiger partial charge in [-0.25, -0.2) is 16.8 Å². The Morgan fingerprint density at radius 3 is 1.87 bits per heavy atom. The monoisotopic (exact) mass is 695 g/mol. The minimum Gasteiger partial charge on any atom is -0.457 e. The lowest BCUT2D eigenvalue weighted by Gasteiger charge is -2.24. The Balaban J connectivity index is 1.34. The fourth-order valence-corrected chi connectivity index (χ4v) is 7.32. The van der Waals surface area contributed by atoms with E-state index in [4.69, 9.17) is 27.9 Å². The fourth-order valence-electron chi connectivity index (χ4n) is 4.33. The number of ether oxygens (including phenoxy) is 1. The molecule has 0 saturated carbocycles. The van der Waals surface area contributed by atoms with E-state index in [0.29, 0.717) is 11.5 Å². The van der Waals surface area contributed by atoms with Crippen LogP contribution < -0.4 is 19.1 Å². The van der Waals surface area contributed by atoms with Crippen molar-refractivity contribution < 1.29 is 26.4 Å². The summed E-state index contributed by atoms with van der Waals surface area (Å²) in [5.74, 6) is 0.444. The Hall–Kier alpha value is -4.55. The highest BCUT2D eigenvalue weighted by Gasteiger charge is 2.27. The van der Waals surface area contributed by atoms with Crippen LogP contribution in [-0.2, 0) is 24.8 Å². The predicted molar refractivity (Wildman–Crippen MR) is 181 cm³/mol. The summed E-state index contributed by atoms with van der Waals surface area (Å²) in [7, 11) is -8.17. The first-order valence-corrected chi connectivity index (χ1v) is 17.4. The Morgan fingerprint density at radius 1 is 0.696 bits per heavy atom. The number of amides is 1. The van der Waals surface area contributed by atoms with Crippen molar-refractivity contribution in [2.45, 2.75) is 16.7 Å². The van der Waals surface area contributed by atoms with Gasteiger partial charge in [0.05, 0.1) is 21.2 Å². The summed E-state index contributed by atoms with van der Waals surface area (Å²) in [6.45, 7) is 1.28. The van der Waals surface area contributed by atoms with Gasteiger partial charge < -0.3 is 10.1 Å². The number of hydrogen-bond acceptors (Lipinski definition) is 6. The third kappa shape index (κ3) is 8.18. The van der Waals surface area contributed by atoms with Crippen LogP contribution >= 0.6 is 23.2 Å². The van der Waals surface area contributed by atoms with Crippen molar-refractivity contribution in [2.24, 2.45) is 0 Å². The van der Waals surface area contributed by atoms with Crippen molar-refractivity contribution in [2.75, 3.05) is 20.9 Å². The van der Waals surface area contributed by atoms with Gasteiger partial charge in [-0.3, -0.25) is 13.8 Å². The fraction of sp³-hybridized carbons (Fsp3) is 0.0606. The highest BCUT2D eigenvalue weighted by atomic mass is 35.5. The van der Waals surface area contributed by atoms with E-state index in [-0.39, 0.29) is 36.9 Å². The number of anilines is 3. The molecule has 9 nitrogen and oxygen atoms in total. The predicted octanol–water partition coefficient (Wildman–Crippen LogP) is 7.73.